The molecule has 0 fully saturated rings. The van der Waals surface area contributed by atoms with Crippen molar-refractivity contribution in [3.8, 4) is 0 Å². The van der Waals surface area contributed by atoms with Crippen LogP contribution in [-0.4, -0.2) is 20.7 Å². The fraction of sp³-hybridized carbons (Fsp3) is 0.273. The molecule has 1 unspecified atom stereocenters. The Labute approximate surface area is 90.5 Å². The summed E-state index contributed by atoms with van der Waals surface area (Å²) < 4.78 is 22.3. The Morgan fingerprint density at radius 2 is 1.80 bits per heavy atom. The van der Waals surface area contributed by atoms with Crippen LogP contribution in [-0.2, 0) is 9.84 Å². The van der Waals surface area contributed by atoms with Gasteiger partial charge in [-0.25, -0.2) is 8.42 Å². The molecule has 2 N–H and O–H groups in total. The highest BCUT2D eigenvalue weighted by Gasteiger charge is 2.04. The molecule has 0 saturated carbocycles. The van der Waals surface area contributed by atoms with Crippen LogP contribution in [0.1, 0.15) is 12.5 Å². The van der Waals surface area contributed by atoms with Gasteiger partial charge in [0.15, 0.2) is 9.84 Å². The molecule has 4 heteroatoms. The predicted molar refractivity (Wildman–Crippen MR) is 62.2 cm³/mol. The zero-order chi connectivity index (χ0) is 11.5. The first kappa shape index (κ1) is 11.9. The summed E-state index contributed by atoms with van der Waals surface area (Å²) in [5.41, 5.74) is 6.50. The molecule has 1 rings (SSSR count). The van der Waals surface area contributed by atoms with Gasteiger partial charge in [0, 0.05) is 12.3 Å². The second-order valence-electron chi connectivity index (χ2n) is 3.56. The number of benzene rings is 1. The number of sulfone groups is 1. The minimum absolute atomic E-state index is 0.000385. The maximum Gasteiger partial charge on any atom is 0.175 e. The molecule has 82 valence electrons. The Balaban J connectivity index is 2.91. The van der Waals surface area contributed by atoms with Crippen LogP contribution in [0.15, 0.2) is 35.2 Å². The standard InChI is InChI=1S/C11H15NO2S/c1-9(12)3-4-10-5-7-11(8-6-10)15(2,13)14/h3-9H,12H2,1-2H3/b4-3+. The molecule has 0 aliphatic rings. The van der Waals surface area contributed by atoms with Gasteiger partial charge >= 0.3 is 0 Å². The lowest BCUT2D eigenvalue weighted by Crippen LogP contribution is -2.09. The fourth-order valence-electron chi connectivity index (χ4n) is 1.09. The lowest BCUT2D eigenvalue weighted by molar-refractivity contribution is 0.602. The van der Waals surface area contributed by atoms with Gasteiger partial charge in [0.2, 0.25) is 0 Å². The lowest BCUT2D eigenvalue weighted by Gasteiger charge is -1.99. The van der Waals surface area contributed by atoms with E-state index in [0.717, 1.165) is 5.56 Å². The molecule has 1 atom stereocenters. The second-order valence-corrected chi connectivity index (χ2v) is 5.58. The van der Waals surface area contributed by atoms with Gasteiger partial charge < -0.3 is 5.73 Å². The summed E-state index contributed by atoms with van der Waals surface area (Å²) in [5.74, 6) is 0. The molecule has 0 spiro atoms. The normalized spacial score (nSPS) is 14.3. The first-order chi connectivity index (χ1) is 6.89. The van der Waals surface area contributed by atoms with Crippen LogP contribution in [0.3, 0.4) is 0 Å². The number of rotatable bonds is 3. The van der Waals surface area contributed by atoms with E-state index in [2.05, 4.69) is 0 Å². The van der Waals surface area contributed by atoms with Crippen molar-refractivity contribution in [2.45, 2.75) is 17.9 Å². The van der Waals surface area contributed by atoms with Crippen LogP contribution in [0.5, 0.6) is 0 Å². The van der Waals surface area contributed by atoms with Crippen LogP contribution >= 0.6 is 0 Å². The van der Waals surface area contributed by atoms with E-state index in [0.29, 0.717) is 4.90 Å². The molecule has 0 saturated heterocycles. The van der Waals surface area contributed by atoms with Crippen LogP contribution in [0, 0.1) is 0 Å². The molecular formula is C11H15NO2S. The number of hydrogen-bond acceptors (Lipinski definition) is 3. The van der Waals surface area contributed by atoms with Gasteiger partial charge in [-0.05, 0) is 24.6 Å². The molecule has 0 heterocycles. The first-order valence-electron chi connectivity index (χ1n) is 4.63. The van der Waals surface area contributed by atoms with Crippen LogP contribution in [0.25, 0.3) is 6.08 Å². The van der Waals surface area contributed by atoms with E-state index in [-0.39, 0.29) is 6.04 Å². The average Bonchev–Trinajstić information content (AvgIpc) is 2.14. The van der Waals surface area contributed by atoms with Crippen molar-refractivity contribution < 1.29 is 8.42 Å². The monoisotopic (exact) mass is 225 g/mol. The largest absolute Gasteiger partial charge is 0.325 e. The third-order valence-electron chi connectivity index (χ3n) is 1.90. The summed E-state index contributed by atoms with van der Waals surface area (Å²) in [6.45, 7) is 1.88. The molecular weight excluding hydrogens is 210 g/mol. The summed E-state index contributed by atoms with van der Waals surface area (Å²) in [5, 5.41) is 0. The summed E-state index contributed by atoms with van der Waals surface area (Å²) in [6, 6.07) is 6.70. The highest BCUT2D eigenvalue weighted by Crippen LogP contribution is 2.11. The van der Waals surface area contributed by atoms with Crippen molar-refractivity contribution in [2.75, 3.05) is 6.26 Å². The van der Waals surface area contributed by atoms with Crippen molar-refractivity contribution in [1.82, 2.24) is 0 Å². The highest BCUT2D eigenvalue weighted by molar-refractivity contribution is 7.90. The summed E-state index contributed by atoms with van der Waals surface area (Å²) >= 11 is 0. The van der Waals surface area contributed by atoms with Gasteiger partial charge in [0.25, 0.3) is 0 Å². The smallest absolute Gasteiger partial charge is 0.175 e. The lowest BCUT2D eigenvalue weighted by atomic mass is 10.2. The minimum Gasteiger partial charge on any atom is -0.325 e. The SMILES string of the molecule is CC(N)/C=C/c1ccc(S(C)(=O)=O)cc1. The van der Waals surface area contributed by atoms with Crippen LogP contribution in [0.2, 0.25) is 0 Å². The molecule has 0 aliphatic heterocycles. The Bertz CT molecular complexity index is 444. The third kappa shape index (κ3) is 3.85. The minimum atomic E-state index is -3.10. The quantitative estimate of drug-likeness (QED) is 0.847. The van der Waals surface area contributed by atoms with Gasteiger partial charge in [-0.2, -0.15) is 0 Å². The van der Waals surface area contributed by atoms with Gasteiger partial charge in [-0.1, -0.05) is 24.3 Å². The molecule has 0 bridgehead atoms. The number of nitrogens with two attached hydrogens (primary N) is 1. The molecule has 0 aromatic heterocycles. The van der Waals surface area contributed by atoms with E-state index in [1.54, 1.807) is 24.3 Å². The summed E-state index contributed by atoms with van der Waals surface area (Å²) in [4.78, 5) is 0.334. The van der Waals surface area contributed by atoms with Gasteiger partial charge in [0.05, 0.1) is 4.90 Å². The average molecular weight is 225 g/mol. The van der Waals surface area contributed by atoms with Crippen LogP contribution in [0.4, 0.5) is 0 Å². The Hall–Kier alpha value is -1.13. The Morgan fingerprint density at radius 3 is 2.20 bits per heavy atom. The van der Waals surface area contributed by atoms with Crippen LogP contribution < -0.4 is 5.73 Å². The maximum atomic E-state index is 11.2. The topological polar surface area (TPSA) is 60.2 Å². The van der Waals surface area contributed by atoms with Gasteiger partial charge in [-0.15, -0.1) is 0 Å². The molecule has 15 heavy (non-hydrogen) atoms. The van der Waals surface area contributed by atoms with E-state index in [9.17, 15) is 8.42 Å². The van der Waals surface area contributed by atoms with Crippen molar-refractivity contribution in [1.29, 1.82) is 0 Å². The molecule has 0 aliphatic carbocycles. The zero-order valence-electron chi connectivity index (χ0n) is 8.84. The molecule has 1 aromatic rings. The fourth-order valence-corrected chi connectivity index (χ4v) is 1.72. The molecule has 3 nitrogen and oxygen atoms in total. The third-order valence-corrected chi connectivity index (χ3v) is 3.03. The van der Waals surface area contributed by atoms with E-state index in [4.69, 9.17) is 5.73 Å². The molecule has 0 amide bonds. The first-order valence-corrected chi connectivity index (χ1v) is 6.52. The van der Waals surface area contributed by atoms with Crippen molar-refractivity contribution in [2.24, 2.45) is 5.73 Å². The zero-order valence-corrected chi connectivity index (χ0v) is 9.66. The van der Waals surface area contributed by atoms with Crippen molar-refractivity contribution in [3.05, 3.63) is 35.9 Å². The Kier molecular flexibility index (Phi) is 3.66. The van der Waals surface area contributed by atoms with Gasteiger partial charge in [-0.3, -0.25) is 0 Å². The van der Waals surface area contributed by atoms with Gasteiger partial charge in [0.1, 0.15) is 0 Å². The van der Waals surface area contributed by atoms with E-state index >= 15 is 0 Å². The highest BCUT2D eigenvalue weighted by atomic mass is 32.2. The number of hydrogen-bond donors (Lipinski definition) is 1. The molecule has 0 radical (unpaired) electrons. The summed E-state index contributed by atoms with van der Waals surface area (Å²) in [7, 11) is -3.10. The van der Waals surface area contributed by atoms with Crippen molar-refractivity contribution >= 4 is 15.9 Å². The predicted octanol–water partition coefficient (Wildman–Crippen LogP) is 1.45. The summed E-state index contributed by atoms with van der Waals surface area (Å²) in [6.07, 6.45) is 4.92. The van der Waals surface area contributed by atoms with Crippen molar-refractivity contribution in [3.63, 3.8) is 0 Å². The van der Waals surface area contributed by atoms with E-state index in [1.165, 1.54) is 6.26 Å². The maximum absolute atomic E-state index is 11.2. The van der Waals surface area contributed by atoms with E-state index < -0.39 is 9.84 Å². The molecule has 1 aromatic carbocycles. The van der Waals surface area contributed by atoms with E-state index in [1.807, 2.05) is 19.1 Å². The Morgan fingerprint density at radius 1 is 1.27 bits per heavy atom. The second kappa shape index (κ2) is 4.59.